The Labute approximate surface area is 324 Å². The summed E-state index contributed by atoms with van der Waals surface area (Å²) in [5, 5.41) is 17.1. The first kappa shape index (κ1) is 31.7. The smallest absolute Gasteiger partial charge is 0.0801 e. The fourth-order valence-corrected chi connectivity index (χ4v) is 9.97. The highest BCUT2D eigenvalue weighted by Gasteiger charge is 2.25. The van der Waals surface area contributed by atoms with E-state index < -0.39 is 0 Å². The van der Waals surface area contributed by atoms with E-state index in [0.29, 0.717) is 11.8 Å². The molecular weight excluding hydrogens is 677 g/mol. The molecule has 12 rings (SSSR count). The van der Waals surface area contributed by atoms with Crippen molar-refractivity contribution in [3.8, 4) is 22.3 Å². The Morgan fingerprint density at radius 2 is 0.750 bits per heavy atom. The maximum Gasteiger partial charge on any atom is 0.0801 e. The molecule has 264 valence electrons. The molecule has 2 nitrogen and oxygen atoms in total. The van der Waals surface area contributed by atoms with Crippen molar-refractivity contribution >= 4 is 97.5 Å². The van der Waals surface area contributed by atoms with Gasteiger partial charge < -0.3 is 0 Å². The fourth-order valence-electron chi connectivity index (χ4n) is 9.97. The molecule has 0 aliphatic heterocycles. The van der Waals surface area contributed by atoms with Crippen LogP contribution in [0.5, 0.6) is 0 Å². The Kier molecular flexibility index (Phi) is 6.47. The first-order valence-electron chi connectivity index (χ1n) is 20.0. The molecule has 56 heavy (non-hydrogen) atoms. The lowest BCUT2D eigenvalue weighted by Gasteiger charge is -2.22. The lowest BCUT2D eigenvalue weighted by molar-refractivity contribution is 0.869. The number of hydrogen-bond acceptors (Lipinski definition) is 2. The minimum Gasteiger partial charge on any atom is -0.247 e. The van der Waals surface area contributed by atoms with Crippen molar-refractivity contribution in [3.63, 3.8) is 0 Å². The second kappa shape index (κ2) is 11.4. The molecule has 10 aromatic carbocycles. The SMILES string of the molecule is CC(C)c1ccc2c(-c3c4ccccc4c4nc5ccc6c(-c7cccc8cc(C(C)C)ccc78)c7ccccc7c7nc8ccc3c4c8c5c67)cccc2c1. The van der Waals surface area contributed by atoms with Crippen LogP contribution in [0.3, 0.4) is 0 Å². The van der Waals surface area contributed by atoms with Crippen LogP contribution < -0.4 is 0 Å². The van der Waals surface area contributed by atoms with Crippen LogP contribution in [0.4, 0.5) is 0 Å². The van der Waals surface area contributed by atoms with Crippen molar-refractivity contribution in [1.29, 1.82) is 0 Å². The van der Waals surface area contributed by atoms with E-state index in [0.717, 1.165) is 22.1 Å². The normalized spacial score (nSPS) is 12.6. The standard InChI is InChI=1S/C54H38N2/c1-29(2)31-19-21-35-33(27-31)11-9-17-37(35)47-39-13-5-7-15-41(39)53-49-43(47)23-25-45-51(49)52-46(55-53)26-24-44-48(40-14-6-8-16-42(40)54(56-45)50(44)52)38-18-10-12-34-28-32(30(3)4)20-22-36(34)38/h5-30H,1-4H3. The van der Waals surface area contributed by atoms with Crippen molar-refractivity contribution in [2.24, 2.45) is 0 Å². The third-order valence-electron chi connectivity index (χ3n) is 12.7. The average Bonchev–Trinajstić information content (AvgIpc) is 3.23. The average molecular weight is 715 g/mol. The summed E-state index contributed by atoms with van der Waals surface area (Å²) in [6.45, 7) is 9.07. The molecule has 0 aliphatic rings. The first-order chi connectivity index (χ1) is 27.4. The Morgan fingerprint density at radius 3 is 1.18 bits per heavy atom. The monoisotopic (exact) mass is 714 g/mol. The predicted molar refractivity (Wildman–Crippen MR) is 241 cm³/mol. The zero-order valence-corrected chi connectivity index (χ0v) is 31.9. The molecule has 0 aliphatic carbocycles. The van der Waals surface area contributed by atoms with Gasteiger partial charge in [-0.1, -0.05) is 161 Å². The van der Waals surface area contributed by atoms with Gasteiger partial charge in [-0.3, -0.25) is 0 Å². The van der Waals surface area contributed by atoms with E-state index in [4.69, 9.17) is 9.97 Å². The van der Waals surface area contributed by atoms with E-state index in [-0.39, 0.29) is 0 Å². The lowest BCUT2D eigenvalue weighted by Crippen LogP contribution is -1.98. The number of aromatic nitrogens is 2. The summed E-state index contributed by atoms with van der Waals surface area (Å²) in [5.41, 5.74) is 11.9. The zero-order valence-electron chi connectivity index (χ0n) is 31.9. The maximum atomic E-state index is 5.62. The van der Waals surface area contributed by atoms with Gasteiger partial charge in [0.1, 0.15) is 0 Å². The highest BCUT2D eigenvalue weighted by molar-refractivity contribution is 6.41. The van der Waals surface area contributed by atoms with Gasteiger partial charge in [-0.25, -0.2) is 9.97 Å². The summed E-state index contributed by atoms with van der Waals surface area (Å²) < 4.78 is 0. The van der Waals surface area contributed by atoms with Gasteiger partial charge in [-0.05, 0) is 100 Å². The van der Waals surface area contributed by atoms with E-state index >= 15 is 0 Å². The number of hydrogen-bond donors (Lipinski definition) is 0. The number of nitrogens with zero attached hydrogens (tertiary/aromatic N) is 2. The molecule has 0 unspecified atom stereocenters. The van der Waals surface area contributed by atoms with Crippen LogP contribution in [-0.2, 0) is 0 Å². The number of fused-ring (bicyclic) bond motifs is 6. The summed E-state index contributed by atoms with van der Waals surface area (Å²) in [6.07, 6.45) is 0. The van der Waals surface area contributed by atoms with Gasteiger partial charge >= 0.3 is 0 Å². The van der Waals surface area contributed by atoms with Gasteiger partial charge in [0, 0.05) is 32.3 Å². The first-order valence-corrected chi connectivity index (χ1v) is 20.0. The Morgan fingerprint density at radius 1 is 0.339 bits per heavy atom. The van der Waals surface area contributed by atoms with Crippen LogP contribution in [0.2, 0.25) is 0 Å². The fraction of sp³-hybridized carbons (Fsp3) is 0.111. The lowest BCUT2D eigenvalue weighted by atomic mass is 9.83. The van der Waals surface area contributed by atoms with Crippen LogP contribution in [0, 0.1) is 0 Å². The molecule has 0 N–H and O–H groups in total. The van der Waals surface area contributed by atoms with Crippen molar-refractivity contribution < 1.29 is 0 Å². The van der Waals surface area contributed by atoms with E-state index in [2.05, 4.69) is 173 Å². The molecule has 0 amide bonds. The van der Waals surface area contributed by atoms with Gasteiger partial charge in [-0.2, -0.15) is 0 Å². The van der Waals surface area contributed by atoms with E-state index in [1.165, 1.54) is 109 Å². The van der Waals surface area contributed by atoms with Gasteiger partial charge in [0.25, 0.3) is 0 Å². The topological polar surface area (TPSA) is 25.8 Å². The van der Waals surface area contributed by atoms with Crippen LogP contribution in [0.1, 0.15) is 50.7 Å². The summed E-state index contributed by atoms with van der Waals surface area (Å²) in [7, 11) is 0. The van der Waals surface area contributed by atoms with Crippen LogP contribution in [-0.4, -0.2) is 9.97 Å². The van der Waals surface area contributed by atoms with Crippen molar-refractivity contribution in [1.82, 2.24) is 9.97 Å². The number of pyridine rings is 2. The largest absolute Gasteiger partial charge is 0.247 e. The molecular formula is C54H38N2. The molecule has 2 heteroatoms. The highest BCUT2D eigenvalue weighted by Crippen LogP contribution is 2.51. The minimum atomic E-state index is 0.467. The maximum absolute atomic E-state index is 5.62. The summed E-state index contributed by atoms with van der Waals surface area (Å²) in [4.78, 5) is 11.2. The Balaban J connectivity index is 1.25. The van der Waals surface area contributed by atoms with Gasteiger partial charge in [0.15, 0.2) is 0 Å². The molecule has 0 saturated carbocycles. The second-order valence-electron chi connectivity index (χ2n) is 16.4. The van der Waals surface area contributed by atoms with Gasteiger partial charge in [0.2, 0.25) is 0 Å². The van der Waals surface area contributed by atoms with Crippen molar-refractivity contribution in [2.75, 3.05) is 0 Å². The third kappa shape index (κ3) is 4.22. The summed E-state index contributed by atoms with van der Waals surface area (Å²) in [6, 6.07) is 54.4. The van der Waals surface area contributed by atoms with Gasteiger partial charge in [0.05, 0.1) is 22.1 Å². The third-order valence-corrected chi connectivity index (χ3v) is 12.7. The predicted octanol–water partition coefficient (Wildman–Crippen LogP) is 15.3. The molecule has 0 radical (unpaired) electrons. The quantitative estimate of drug-likeness (QED) is 0.134. The highest BCUT2D eigenvalue weighted by atomic mass is 14.7. The second-order valence-corrected chi connectivity index (χ2v) is 16.4. The van der Waals surface area contributed by atoms with E-state index in [9.17, 15) is 0 Å². The summed E-state index contributed by atoms with van der Waals surface area (Å²) in [5.74, 6) is 0.934. The Bertz CT molecular complexity index is 3350. The number of benzene rings is 10. The molecule has 0 fully saturated rings. The molecule has 2 aromatic heterocycles. The molecule has 0 spiro atoms. The zero-order chi connectivity index (χ0) is 37.4. The van der Waals surface area contributed by atoms with Crippen LogP contribution >= 0.6 is 0 Å². The summed E-state index contributed by atoms with van der Waals surface area (Å²) >= 11 is 0. The van der Waals surface area contributed by atoms with E-state index in [1.807, 2.05) is 0 Å². The molecule has 0 atom stereocenters. The van der Waals surface area contributed by atoms with Crippen molar-refractivity contribution in [3.05, 3.63) is 157 Å². The van der Waals surface area contributed by atoms with Crippen LogP contribution in [0.25, 0.3) is 120 Å². The van der Waals surface area contributed by atoms with Gasteiger partial charge in [-0.15, -0.1) is 0 Å². The van der Waals surface area contributed by atoms with Crippen LogP contribution in [0.15, 0.2) is 146 Å². The molecule has 0 bridgehead atoms. The minimum absolute atomic E-state index is 0.467. The van der Waals surface area contributed by atoms with E-state index in [1.54, 1.807) is 0 Å². The molecule has 12 aromatic rings. The van der Waals surface area contributed by atoms with Crippen molar-refractivity contribution in [2.45, 2.75) is 39.5 Å². The number of rotatable bonds is 4. The molecule has 2 heterocycles. The molecule has 0 saturated heterocycles. The Hall–Kier alpha value is -6.64.